The van der Waals surface area contributed by atoms with Gasteiger partial charge in [-0.1, -0.05) is 0 Å². The Bertz CT molecular complexity index is 807. The van der Waals surface area contributed by atoms with Crippen molar-refractivity contribution in [1.29, 1.82) is 0 Å². The van der Waals surface area contributed by atoms with Crippen LogP contribution in [0, 0.1) is 34.8 Å². The number of benzene rings is 1. The van der Waals surface area contributed by atoms with Crippen LogP contribution in [0.5, 0.6) is 0 Å². The number of amides is 2. The Balaban J connectivity index is 1.22. The van der Waals surface area contributed by atoms with Crippen molar-refractivity contribution >= 4 is 23.5 Å². The molecule has 0 atom stereocenters. The molecule has 0 saturated heterocycles. The lowest BCUT2D eigenvalue weighted by Crippen LogP contribution is -2.54. The van der Waals surface area contributed by atoms with Crippen LogP contribution in [0.1, 0.15) is 38.5 Å². The number of hydrogen-bond acceptors (Lipinski definition) is 4. The van der Waals surface area contributed by atoms with Gasteiger partial charge >= 0.3 is 5.97 Å². The smallest absolute Gasteiger partial charge is 0.325 e. The fourth-order valence-corrected chi connectivity index (χ4v) is 5.70. The molecule has 5 rings (SSSR count). The van der Waals surface area contributed by atoms with Crippen molar-refractivity contribution in [2.75, 3.05) is 18.5 Å². The van der Waals surface area contributed by atoms with Gasteiger partial charge in [0.05, 0.1) is 5.69 Å². The minimum Gasteiger partial charge on any atom is -0.454 e. The summed E-state index contributed by atoms with van der Waals surface area (Å²) in [4.78, 5) is 36.5. The van der Waals surface area contributed by atoms with E-state index in [0.717, 1.165) is 31.4 Å². The summed E-state index contributed by atoms with van der Waals surface area (Å²) in [6, 6.07) is 2.72. The van der Waals surface area contributed by atoms with Gasteiger partial charge in [-0.25, -0.2) is 8.78 Å². The van der Waals surface area contributed by atoms with Crippen LogP contribution in [-0.4, -0.2) is 30.9 Å². The van der Waals surface area contributed by atoms with Crippen LogP contribution in [0.4, 0.5) is 14.5 Å². The Kier molecular flexibility index (Phi) is 5.27. The maximum Gasteiger partial charge on any atom is 0.325 e. The molecule has 8 heteroatoms. The minimum atomic E-state index is -0.924. The Morgan fingerprint density at radius 1 is 1.03 bits per heavy atom. The molecule has 2 amide bonds. The summed E-state index contributed by atoms with van der Waals surface area (Å²) in [5.41, 5.74) is -0.561. The number of carbonyl (C=O) groups excluding carboxylic acids is 3. The second-order valence-corrected chi connectivity index (χ2v) is 8.71. The summed E-state index contributed by atoms with van der Waals surface area (Å²) < 4.78 is 31.2. The highest BCUT2D eigenvalue weighted by molar-refractivity contribution is 5.93. The van der Waals surface area contributed by atoms with E-state index in [1.165, 1.54) is 19.3 Å². The molecule has 4 fully saturated rings. The van der Waals surface area contributed by atoms with Crippen LogP contribution >= 0.6 is 0 Å². The van der Waals surface area contributed by atoms with Crippen LogP contribution in [0.2, 0.25) is 0 Å². The summed E-state index contributed by atoms with van der Waals surface area (Å²) in [5, 5.41) is 4.88. The largest absolute Gasteiger partial charge is 0.454 e. The van der Waals surface area contributed by atoms with Gasteiger partial charge in [-0.3, -0.25) is 14.4 Å². The van der Waals surface area contributed by atoms with E-state index in [4.69, 9.17) is 4.74 Å². The SMILES string of the molecule is O=C(COC(=O)CNC(=O)C12CC3CC(CC(C3)C1)C2)Nc1ccc(F)cc1F. The molecule has 0 radical (unpaired) electrons. The van der Waals surface area contributed by atoms with Crippen molar-refractivity contribution < 1.29 is 27.9 Å². The summed E-state index contributed by atoms with van der Waals surface area (Å²) in [6.45, 7) is -0.929. The van der Waals surface area contributed by atoms with Crippen molar-refractivity contribution in [1.82, 2.24) is 5.32 Å². The molecule has 4 bridgehead atoms. The van der Waals surface area contributed by atoms with E-state index < -0.39 is 30.1 Å². The maximum atomic E-state index is 13.5. The van der Waals surface area contributed by atoms with Gasteiger partial charge in [-0.05, 0) is 68.4 Å². The first-order valence-corrected chi connectivity index (χ1v) is 10.0. The number of rotatable bonds is 6. The minimum absolute atomic E-state index is 0.0913. The molecule has 0 aliphatic heterocycles. The molecule has 6 nitrogen and oxygen atoms in total. The first-order valence-electron chi connectivity index (χ1n) is 10.0. The van der Waals surface area contributed by atoms with E-state index in [2.05, 4.69) is 10.6 Å². The lowest BCUT2D eigenvalue weighted by Gasteiger charge is -2.55. The molecule has 4 aliphatic carbocycles. The van der Waals surface area contributed by atoms with E-state index in [-0.39, 0.29) is 23.6 Å². The molecule has 0 aromatic heterocycles. The van der Waals surface area contributed by atoms with Crippen LogP contribution in [0.3, 0.4) is 0 Å². The number of nitrogens with one attached hydrogen (secondary N) is 2. The van der Waals surface area contributed by atoms with E-state index >= 15 is 0 Å². The average Bonchev–Trinajstić information content (AvgIpc) is 2.65. The van der Waals surface area contributed by atoms with Gasteiger partial charge in [0.2, 0.25) is 5.91 Å². The third kappa shape index (κ3) is 4.26. The van der Waals surface area contributed by atoms with Crippen LogP contribution in [0.25, 0.3) is 0 Å². The van der Waals surface area contributed by atoms with Gasteiger partial charge in [0, 0.05) is 11.5 Å². The van der Waals surface area contributed by atoms with Crippen molar-refractivity contribution in [2.45, 2.75) is 38.5 Å². The molecule has 0 spiro atoms. The van der Waals surface area contributed by atoms with Crippen molar-refractivity contribution in [2.24, 2.45) is 23.2 Å². The second-order valence-electron chi connectivity index (χ2n) is 8.71. The fourth-order valence-electron chi connectivity index (χ4n) is 5.70. The van der Waals surface area contributed by atoms with Crippen LogP contribution in [-0.2, 0) is 19.1 Å². The normalized spacial score (nSPS) is 29.4. The highest BCUT2D eigenvalue weighted by Crippen LogP contribution is 2.60. The molecular formula is C21H24F2N2O4. The molecule has 0 unspecified atom stereocenters. The average molecular weight is 406 g/mol. The Morgan fingerprint density at radius 3 is 2.24 bits per heavy atom. The second kappa shape index (κ2) is 7.72. The molecule has 4 aliphatic rings. The van der Waals surface area contributed by atoms with Gasteiger partial charge in [0.15, 0.2) is 6.61 Å². The van der Waals surface area contributed by atoms with Gasteiger partial charge in [-0.2, -0.15) is 0 Å². The third-order valence-electron chi connectivity index (χ3n) is 6.48. The van der Waals surface area contributed by atoms with Gasteiger partial charge in [0.25, 0.3) is 5.91 Å². The zero-order valence-corrected chi connectivity index (χ0v) is 16.0. The van der Waals surface area contributed by atoms with E-state index in [0.29, 0.717) is 23.8 Å². The molecular weight excluding hydrogens is 382 g/mol. The first-order chi connectivity index (χ1) is 13.8. The standard InChI is InChI=1S/C21H24F2N2O4/c22-15-1-2-17(16(23)6-15)25-18(26)11-29-19(27)10-24-20(28)21-7-12-3-13(8-21)5-14(4-12)9-21/h1-2,6,12-14H,3-5,7-11H2,(H,24,28)(H,25,26). The highest BCUT2D eigenvalue weighted by Gasteiger charge is 2.54. The van der Waals surface area contributed by atoms with Gasteiger partial charge in [-0.15, -0.1) is 0 Å². The van der Waals surface area contributed by atoms with Gasteiger partial charge < -0.3 is 15.4 Å². The third-order valence-corrected chi connectivity index (χ3v) is 6.48. The maximum absolute atomic E-state index is 13.5. The zero-order valence-electron chi connectivity index (χ0n) is 16.0. The van der Waals surface area contributed by atoms with E-state index in [9.17, 15) is 23.2 Å². The molecule has 1 aromatic carbocycles. The molecule has 156 valence electrons. The summed E-state index contributed by atoms with van der Waals surface area (Å²) >= 11 is 0. The van der Waals surface area contributed by atoms with Crippen molar-refractivity contribution in [3.8, 4) is 0 Å². The topological polar surface area (TPSA) is 84.5 Å². The number of carbonyl (C=O) groups is 3. The number of halogens is 2. The molecule has 0 heterocycles. The predicted octanol–water partition coefficient (Wildman–Crippen LogP) is 2.78. The lowest BCUT2D eigenvalue weighted by atomic mass is 9.49. The number of esters is 1. The Hall–Kier alpha value is -2.51. The Labute approximate surface area is 167 Å². The monoisotopic (exact) mass is 406 g/mol. The predicted molar refractivity (Wildman–Crippen MR) is 99.6 cm³/mol. The summed E-state index contributed by atoms with van der Waals surface area (Å²) in [7, 11) is 0. The number of hydrogen-bond donors (Lipinski definition) is 2. The van der Waals surface area contributed by atoms with Crippen molar-refractivity contribution in [3.63, 3.8) is 0 Å². The molecule has 2 N–H and O–H groups in total. The fraction of sp³-hybridized carbons (Fsp3) is 0.571. The number of ether oxygens (including phenoxy) is 1. The van der Waals surface area contributed by atoms with E-state index in [1.54, 1.807) is 0 Å². The lowest BCUT2D eigenvalue weighted by molar-refractivity contribution is -0.152. The zero-order chi connectivity index (χ0) is 20.6. The molecule has 1 aromatic rings. The molecule has 29 heavy (non-hydrogen) atoms. The molecule has 4 saturated carbocycles. The number of anilines is 1. The van der Waals surface area contributed by atoms with Gasteiger partial charge in [0.1, 0.15) is 18.2 Å². The van der Waals surface area contributed by atoms with Crippen LogP contribution in [0.15, 0.2) is 18.2 Å². The Morgan fingerprint density at radius 2 is 1.66 bits per heavy atom. The quantitative estimate of drug-likeness (QED) is 0.712. The summed E-state index contributed by atoms with van der Waals surface area (Å²) in [6.07, 6.45) is 6.34. The van der Waals surface area contributed by atoms with Crippen LogP contribution < -0.4 is 10.6 Å². The highest BCUT2D eigenvalue weighted by atomic mass is 19.1. The van der Waals surface area contributed by atoms with E-state index in [1.807, 2.05) is 0 Å². The first kappa shape index (κ1) is 19.8. The summed E-state index contributed by atoms with van der Waals surface area (Å²) in [5.74, 6) is -1.41. The van der Waals surface area contributed by atoms with Crippen molar-refractivity contribution in [3.05, 3.63) is 29.8 Å².